The van der Waals surface area contributed by atoms with Crippen LogP contribution in [0.25, 0.3) is 10.8 Å². The lowest BCUT2D eigenvalue weighted by atomic mass is 10.0. The summed E-state index contributed by atoms with van der Waals surface area (Å²) in [5.74, 6) is -1.13. The van der Waals surface area contributed by atoms with Crippen molar-refractivity contribution in [2.45, 2.75) is 6.04 Å². The van der Waals surface area contributed by atoms with E-state index < -0.39 is 23.4 Å². The minimum Gasteiger partial charge on any atom is -0.335 e. The van der Waals surface area contributed by atoms with Crippen molar-refractivity contribution in [2.24, 2.45) is 5.10 Å². The van der Waals surface area contributed by atoms with E-state index in [4.69, 9.17) is 11.6 Å². The summed E-state index contributed by atoms with van der Waals surface area (Å²) in [7, 11) is 0. The third-order valence-corrected chi connectivity index (χ3v) is 5.20. The highest BCUT2D eigenvalue weighted by atomic mass is 35.5. The van der Waals surface area contributed by atoms with Crippen molar-refractivity contribution >= 4 is 40.4 Å². The lowest BCUT2D eigenvalue weighted by molar-refractivity contribution is -0.123. The molecule has 4 rings (SSSR count). The number of H-pyrrole nitrogens is 1. The molecule has 0 spiro atoms. The summed E-state index contributed by atoms with van der Waals surface area (Å²) in [6.07, 6.45) is 1.40. The van der Waals surface area contributed by atoms with Crippen LogP contribution in [0.2, 0.25) is 5.02 Å². The summed E-state index contributed by atoms with van der Waals surface area (Å²) in [4.78, 5) is 38.1. The van der Waals surface area contributed by atoms with Crippen LogP contribution in [-0.4, -0.2) is 28.2 Å². The van der Waals surface area contributed by atoms with Crippen molar-refractivity contribution in [3.8, 4) is 0 Å². The van der Waals surface area contributed by atoms with E-state index >= 15 is 0 Å². The number of hydrazone groups is 1. The summed E-state index contributed by atoms with van der Waals surface area (Å²) in [6, 6.07) is 20.9. The van der Waals surface area contributed by atoms with Gasteiger partial charge in [-0.3, -0.25) is 14.4 Å². The maximum atomic E-state index is 13.1. The van der Waals surface area contributed by atoms with Gasteiger partial charge in [-0.25, -0.2) is 10.5 Å². The number of nitrogens with zero attached hydrogens (tertiary/aromatic N) is 2. The van der Waals surface area contributed by atoms with Crippen LogP contribution in [0, 0.1) is 0 Å². The molecule has 0 aliphatic rings. The van der Waals surface area contributed by atoms with Crippen LogP contribution in [-0.2, 0) is 4.79 Å². The Labute approximate surface area is 193 Å². The van der Waals surface area contributed by atoms with E-state index in [1.807, 2.05) is 0 Å². The van der Waals surface area contributed by atoms with Gasteiger partial charge in [0.1, 0.15) is 5.69 Å². The van der Waals surface area contributed by atoms with Crippen molar-refractivity contribution in [3.05, 3.63) is 111 Å². The number of aromatic nitrogens is 2. The third kappa shape index (κ3) is 4.97. The Hall–Kier alpha value is -4.30. The summed E-state index contributed by atoms with van der Waals surface area (Å²) in [5.41, 5.74) is 3.17. The molecule has 1 aromatic heterocycles. The van der Waals surface area contributed by atoms with E-state index in [1.54, 1.807) is 78.9 Å². The zero-order chi connectivity index (χ0) is 23.2. The third-order valence-electron chi connectivity index (χ3n) is 4.86. The Bertz CT molecular complexity index is 1400. The first-order chi connectivity index (χ1) is 16.0. The number of amides is 2. The van der Waals surface area contributed by atoms with Crippen molar-refractivity contribution < 1.29 is 9.59 Å². The first-order valence-corrected chi connectivity index (χ1v) is 10.3. The van der Waals surface area contributed by atoms with E-state index in [2.05, 4.69) is 26.0 Å². The van der Waals surface area contributed by atoms with Gasteiger partial charge in [0.05, 0.1) is 11.6 Å². The second-order valence-corrected chi connectivity index (χ2v) is 7.42. The Kier molecular flexibility index (Phi) is 6.56. The molecule has 0 saturated carbocycles. The fourth-order valence-electron chi connectivity index (χ4n) is 3.23. The molecular weight excluding hydrogens is 442 g/mol. The number of halogens is 1. The average molecular weight is 460 g/mol. The number of carbonyl (C=O) groups excluding carboxylic acids is 2. The van der Waals surface area contributed by atoms with Crippen LogP contribution in [0.3, 0.4) is 0 Å². The molecule has 4 aromatic rings. The first-order valence-electron chi connectivity index (χ1n) is 9.95. The van der Waals surface area contributed by atoms with Crippen molar-refractivity contribution in [2.75, 3.05) is 0 Å². The molecule has 0 aliphatic heterocycles. The quantitative estimate of drug-likeness (QED) is 0.303. The smallest absolute Gasteiger partial charge is 0.272 e. The normalized spacial score (nSPS) is 11.9. The summed E-state index contributed by atoms with van der Waals surface area (Å²) in [5, 5.41) is 14.4. The predicted molar refractivity (Wildman–Crippen MR) is 126 cm³/mol. The molecular formula is C24H18ClN5O3. The van der Waals surface area contributed by atoms with Crippen molar-refractivity contribution in [1.82, 2.24) is 20.9 Å². The van der Waals surface area contributed by atoms with Crippen molar-refractivity contribution in [3.63, 3.8) is 0 Å². The molecule has 2 amide bonds. The first kappa shape index (κ1) is 21.9. The van der Waals surface area contributed by atoms with E-state index in [0.717, 1.165) is 0 Å². The highest BCUT2D eigenvalue weighted by Gasteiger charge is 2.27. The Morgan fingerprint density at radius 1 is 0.939 bits per heavy atom. The highest BCUT2D eigenvalue weighted by Crippen LogP contribution is 2.20. The average Bonchev–Trinajstić information content (AvgIpc) is 2.85. The van der Waals surface area contributed by atoms with E-state index in [0.29, 0.717) is 26.9 Å². The van der Waals surface area contributed by atoms with Crippen LogP contribution in [0.1, 0.15) is 27.7 Å². The monoisotopic (exact) mass is 459 g/mol. The number of aromatic amines is 1. The number of benzene rings is 3. The Morgan fingerprint density at radius 3 is 2.36 bits per heavy atom. The maximum Gasteiger partial charge on any atom is 0.272 e. The molecule has 8 nitrogen and oxygen atoms in total. The lowest BCUT2D eigenvalue weighted by Crippen LogP contribution is -2.40. The van der Waals surface area contributed by atoms with Gasteiger partial charge >= 0.3 is 0 Å². The lowest BCUT2D eigenvalue weighted by Gasteiger charge is -2.18. The minimum atomic E-state index is -1.23. The standard InChI is InChI=1S/C24H18ClN5O3/c25-19-13-7-4-10-16(19)14-26-29-24(33)21(27-22(31)15-8-2-1-3-9-15)20-17-11-5-6-12-18(17)23(32)30-28-20/h1-14,21H,(H,27,31)(H,29,33)(H,30,32)/b26-14+. The molecule has 9 heteroatoms. The number of nitrogens with one attached hydrogen (secondary N) is 3. The number of carbonyl (C=O) groups is 2. The molecule has 0 radical (unpaired) electrons. The topological polar surface area (TPSA) is 116 Å². The number of fused-ring (bicyclic) bond motifs is 1. The van der Waals surface area contributed by atoms with Crippen LogP contribution >= 0.6 is 11.6 Å². The minimum absolute atomic E-state index is 0.180. The molecule has 0 saturated heterocycles. The highest BCUT2D eigenvalue weighted by molar-refractivity contribution is 6.33. The number of hydrogen-bond donors (Lipinski definition) is 3. The van der Waals surface area contributed by atoms with E-state index in [-0.39, 0.29) is 5.69 Å². The molecule has 164 valence electrons. The van der Waals surface area contributed by atoms with Gasteiger partial charge in [-0.05, 0) is 24.3 Å². The van der Waals surface area contributed by atoms with Gasteiger partial charge in [0, 0.05) is 21.5 Å². The van der Waals surface area contributed by atoms with Gasteiger partial charge in [0.2, 0.25) is 0 Å². The van der Waals surface area contributed by atoms with Crippen LogP contribution in [0.5, 0.6) is 0 Å². The molecule has 0 fully saturated rings. The van der Waals surface area contributed by atoms with Gasteiger partial charge in [0.15, 0.2) is 6.04 Å². The van der Waals surface area contributed by atoms with E-state index in [1.165, 1.54) is 6.21 Å². The van der Waals surface area contributed by atoms with Gasteiger partial charge in [0.25, 0.3) is 17.4 Å². The largest absolute Gasteiger partial charge is 0.335 e. The van der Waals surface area contributed by atoms with Gasteiger partial charge in [-0.2, -0.15) is 10.2 Å². The summed E-state index contributed by atoms with van der Waals surface area (Å²) >= 11 is 6.11. The number of hydrogen-bond acceptors (Lipinski definition) is 5. The molecule has 1 atom stereocenters. The van der Waals surface area contributed by atoms with Crippen LogP contribution in [0.15, 0.2) is 88.8 Å². The Morgan fingerprint density at radius 2 is 1.61 bits per heavy atom. The maximum absolute atomic E-state index is 13.1. The van der Waals surface area contributed by atoms with Crippen LogP contribution in [0.4, 0.5) is 0 Å². The van der Waals surface area contributed by atoms with Crippen LogP contribution < -0.4 is 16.3 Å². The van der Waals surface area contributed by atoms with Gasteiger partial charge < -0.3 is 5.32 Å². The molecule has 3 N–H and O–H groups in total. The molecule has 0 aliphatic carbocycles. The zero-order valence-corrected chi connectivity index (χ0v) is 17.9. The molecule has 33 heavy (non-hydrogen) atoms. The van der Waals surface area contributed by atoms with Gasteiger partial charge in [-0.1, -0.05) is 66.2 Å². The molecule has 1 heterocycles. The molecule has 0 bridgehead atoms. The predicted octanol–water partition coefficient (Wildman–Crippen LogP) is 3.20. The van der Waals surface area contributed by atoms with Gasteiger partial charge in [-0.15, -0.1) is 0 Å². The Balaban J connectivity index is 1.68. The summed E-state index contributed by atoms with van der Waals surface area (Å²) < 4.78 is 0. The molecule has 3 aromatic carbocycles. The SMILES string of the molecule is O=C(NC(C(=O)N/N=C/c1ccccc1Cl)c1n[nH]c(=O)c2ccccc12)c1ccccc1. The second-order valence-electron chi connectivity index (χ2n) is 7.01. The zero-order valence-electron chi connectivity index (χ0n) is 17.2. The summed E-state index contributed by atoms with van der Waals surface area (Å²) in [6.45, 7) is 0. The fourth-order valence-corrected chi connectivity index (χ4v) is 3.41. The van der Waals surface area contributed by atoms with Crippen molar-refractivity contribution in [1.29, 1.82) is 0 Å². The number of rotatable bonds is 6. The molecule has 1 unspecified atom stereocenters. The van der Waals surface area contributed by atoms with E-state index in [9.17, 15) is 14.4 Å². The fraction of sp³-hybridized carbons (Fsp3) is 0.0417. The second kappa shape index (κ2) is 9.88.